The second-order valence-corrected chi connectivity index (χ2v) is 13.0. The van der Waals surface area contributed by atoms with Gasteiger partial charge in [-0.2, -0.15) is 0 Å². The maximum atomic E-state index is 5.47. The third-order valence-corrected chi connectivity index (χ3v) is 7.90. The Morgan fingerprint density at radius 1 is 0.417 bits per heavy atom. The first-order chi connectivity index (χ1) is 22.4. The molecule has 0 unspecified atom stereocenters. The number of rotatable bonds is 6. The quantitative estimate of drug-likeness (QED) is 0.124. The number of para-hydroxylation sites is 2. The molecule has 0 heterocycles. The van der Waals surface area contributed by atoms with Crippen LogP contribution in [0.2, 0.25) is 0 Å². The predicted octanol–water partition coefficient (Wildman–Crippen LogP) is 13.3. The van der Waals surface area contributed by atoms with Gasteiger partial charge in [0.25, 0.3) is 0 Å². The summed E-state index contributed by atoms with van der Waals surface area (Å²) in [5, 5.41) is 0. The second-order valence-electron chi connectivity index (χ2n) is 10.6. The summed E-state index contributed by atoms with van der Waals surface area (Å²) in [4.78, 5) is 0. The maximum absolute atomic E-state index is 5.47. The Labute approximate surface area is 304 Å². The molecule has 0 N–H and O–H groups in total. The van der Waals surface area contributed by atoms with Crippen LogP contribution in [0.25, 0.3) is 44.5 Å². The molecule has 0 fully saturated rings. The number of methoxy groups -OCH3 is 2. The van der Waals surface area contributed by atoms with Crippen molar-refractivity contribution in [1.82, 2.24) is 0 Å². The number of aryl methyl sites for hydroxylation is 2. The number of hydrogen-bond acceptors (Lipinski definition) is 2. The predicted molar refractivity (Wildman–Crippen MR) is 206 cm³/mol. The van der Waals surface area contributed by atoms with Gasteiger partial charge in [-0.3, -0.25) is 0 Å². The molecule has 0 atom stereocenters. The monoisotopic (exact) mass is 768 g/mol. The average Bonchev–Trinajstić information content (AvgIpc) is 3.10. The third-order valence-electron chi connectivity index (χ3n) is 7.90. The fourth-order valence-corrected chi connectivity index (χ4v) is 5.59. The molecule has 0 aliphatic heterocycles. The number of ether oxygens (including phenoxy) is 2. The van der Waals surface area contributed by atoms with E-state index in [4.69, 9.17) is 28.5 Å². The van der Waals surface area contributed by atoms with E-state index in [1.165, 1.54) is 38.9 Å². The van der Waals surface area contributed by atoms with E-state index in [9.17, 15) is 0 Å². The van der Waals surface area contributed by atoms with Crippen LogP contribution in [0, 0.1) is 35.6 Å². The Morgan fingerprint density at radius 2 is 0.729 bits per heavy atom. The van der Waals surface area contributed by atoms with Gasteiger partial charge in [-0.05, 0) is 89.0 Å². The normalized spacial score (nSPS) is 9.81. The van der Waals surface area contributed by atoms with Gasteiger partial charge in [0.2, 0.25) is 0 Å². The van der Waals surface area contributed by atoms with Crippen molar-refractivity contribution in [2.24, 2.45) is 0 Å². The van der Waals surface area contributed by atoms with E-state index in [1.807, 2.05) is 36.4 Å². The summed E-state index contributed by atoms with van der Waals surface area (Å²) in [5.74, 6) is 1.75. The number of benzene rings is 6. The van der Waals surface area contributed by atoms with Gasteiger partial charge in [0.1, 0.15) is 11.5 Å². The van der Waals surface area contributed by atoms with Gasteiger partial charge in [-0.1, -0.05) is 121 Å². The molecule has 0 amide bonds. The van der Waals surface area contributed by atoms with Gasteiger partial charge in [-0.25, -0.2) is 0 Å². The third kappa shape index (κ3) is 10.1. The molecule has 254 valence electrons. The SMILES string of the molecule is COc1ccccc1-c1cccc(-c2ccccc2OC)c1.Cc1ccccc1-c1cccc(-c2ccccc2C)c1C.[CH3-].[CH3-].[Cl][Pd][Cl]. The van der Waals surface area contributed by atoms with E-state index in [-0.39, 0.29) is 30.8 Å². The summed E-state index contributed by atoms with van der Waals surface area (Å²) in [5.41, 5.74) is 13.7. The molecule has 0 aliphatic carbocycles. The summed E-state index contributed by atoms with van der Waals surface area (Å²) in [6.45, 7) is 6.58. The Hall–Kier alpha value is -3.84. The van der Waals surface area contributed by atoms with Crippen molar-refractivity contribution in [3.05, 3.63) is 171 Å². The molecular formula is C43H44Cl2O2Pd-2. The zero-order chi connectivity index (χ0) is 32.9. The van der Waals surface area contributed by atoms with Gasteiger partial charge in [-0.15, -0.1) is 0 Å². The summed E-state index contributed by atoms with van der Waals surface area (Å²) < 4.78 is 10.9. The van der Waals surface area contributed by atoms with E-state index in [0.29, 0.717) is 0 Å². The van der Waals surface area contributed by atoms with Crippen molar-refractivity contribution in [2.45, 2.75) is 20.8 Å². The first kappa shape index (κ1) is 40.3. The molecule has 0 saturated heterocycles. The van der Waals surface area contributed by atoms with Gasteiger partial charge in [0, 0.05) is 11.1 Å². The van der Waals surface area contributed by atoms with Crippen LogP contribution >= 0.6 is 19.1 Å². The van der Waals surface area contributed by atoms with Crippen molar-refractivity contribution in [1.29, 1.82) is 0 Å². The fourth-order valence-electron chi connectivity index (χ4n) is 5.59. The van der Waals surface area contributed by atoms with Gasteiger partial charge in [0.05, 0.1) is 14.2 Å². The van der Waals surface area contributed by atoms with E-state index < -0.39 is 0 Å². The van der Waals surface area contributed by atoms with Crippen LogP contribution in [-0.4, -0.2) is 14.2 Å². The first-order valence-electron chi connectivity index (χ1n) is 14.8. The van der Waals surface area contributed by atoms with E-state index in [1.54, 1.807) is 14.2 Å². The Balaban J connectivity index is 0.000000297. The molecule has 0 radical (unpaired) electrons. The fraction of sp³-hybridized carbons (Fsp3) is 0.116. The molecular weight excluding hydrogens is 726 g/mol. The van der Waals surface area contributed by atoms with Crippen LogP contribution in [0.15, 0.2) is 140 Å². The van der Waals surface area contributed by atoms with Gasteiger partial charge in [0.15, 0.2) is 0 Å². The molecule has 6 rings (SSSR count). The molecule has 0 aliphatic rings. The average molecular weight is 770 g/mol. The molecule has 0 spiro atoms. The van der Waals surface area contributed by atoms with E-state index >= 15 is 0 Å². The zero-order valence-corrected chi connectivity index (χ0v) is 31.7. The van der Waals surface area contributed by atoms with Crippen LogP contribution in [0.5, 0.6) is 11.5 Å². The summed E-state index contributed by atoms with van der Waals surface area (Å²) in [7, 11) is 13.0. The van der Waals surface area contributed by atoms with Crippen LogP contribution in [0.4, 0.5) is 0 Å². The Kier molecular flexibility index (Phi) is 17.2. The standard InChI is InChI=1S/C21H20.C20H18O2.2CH3.2ClH.Pd/c1-15-9-4-6-11-18(15)20-13-8-14-21(17(20)3)19-12-7-5-10-16(19)2;1-21-19-12-5-3-10-17(19)15-8-7-9-16(14-15)18-11-4-6-13-20(18)22-2;;;;;/h4-14H,1-3H3;3-14H,1-2H3;2*1H3;2*1H;/q;;2*-1;;;+2/p-2. The van der Waals surface area contributed by atoms with Crippen LogP contribution in [0.3, 0.4) is 0 Å². The summed E-state index contributed by atoms with van der Waals surface area (Å²) in [6.07, 6.45) is 0. The van der Waals surface area contributed by atoms with Crippen LogP contribution in [-0.2, 0) is 15.9 Å². The van der Waals surface area contributed by atoms with Crippen LogP contribution in [0.1, 0.15) is 16.7 Å². The molecule has 0 bridgehead atoms. The molecule has 6 aromatic carbocycles. The molecule has 48 heavy (non-hydrogen) atoms. The van der Waals surface area contributed by atoms with Crippen molar-refractivity contribution < 1.29 is 25.4 Å². The zero-order valence-electron chi connectivity index (χ0n) is 28.7. The first-order valence-corrected chi connectivity index (χ1v) is 18.8. The summed E-state index contributed by atoms with van der Waals surface area (Å²) in [6, 6.07) is 48.3. The van der Waals surface area contributed by atoms with Crippen molar-refractivity contribution in [2.75, 3.05) is 14.2 Å². The molecule has 2 nitrogen and oxygen atoms in total. The van der Waals surface area contributed by atoms with Crippen LogP contribution < -0.4 is 9.47 Å². The molecule has 0 saturated carbocycles. The van der Waals surface area contributed by atoms with Crippen molar-refractivity contribution >= 4 is 19.1 Å². The summed E-state index contributed by atoms with van der Waals surface area (Å²) >= 11 is -0.106. The molecule has 5 heteroatoms. The van der Waals surface area contributed by atoms with Crippen molar-refractivity contribution in [3.8, 4) is 56.0 Å². The van der Waals surface area contributed by atoms with E-state index in [2.05, 4.69) is 124 Å². The topological polar surface area (TPSA) is 18.5 Å². The molecule has 0 aromatic heterocycles. The van der Waals surface area contributed by atoms with Crippen molar-refractivity contribution in [3.63, 3.8) is 0 Å². The Morgan fingerprint density at radius 3 is 1.10 bits per heavy atom. The minimum absolute atomic E-state index is 0. The molecule has 6 aromatic rings. The van der Waals surface area contributed by atoms with E-state index in [0.717, 1.165) is 33.8 Å². The second kappa shape index (κ2) is 20.5. The van der Waals surface area contributed by atoms with Gasteiger partial charge < -0.3 is 24.3 Å². The minimum atomic E-state index is -0.106. The van der Waals surface area contributed by atoms with Gasteiger partial charge >= 0.3 is 35.0 Å². The number of halogens is 2. The number of hydrogen-bond donors (Lipinski definition) is 0. The Bertz CT molecular complexity index is 1740.